The summed E-state index contributed by atoms with van der Waals surface area (Å²) in [6.45, 7) is 0.474. The Morgan fingerprint density at radius 1 is 0.719 bits per heavy atom. The number of carbonyl (C=O) groups excluding carboxylic acids is 1. The molecule has 4 aromatic carbocycles. The molecule has 0 spiro atoms. The Kier molecular flexibility index (Phi) is 6.28. The highest BCUT2D eigenvalue weighted by molar-refractivity contribution is 6.05. The van der Waals surface area contributed by atoms with Crippen molar-refractivity contribution in [2.24, 2.45) is 0 Å². The summed E-state index contributed by atoms with van der Waals surface area (Å²) in [6, 6.07) is 31.1. The highest BCUT2D eigenvalue weighted by atomic mass is 16.5. The van der Waals surface area contributed by atoms with E-state index in [1.165, 1.54) is 12.1 Å². The minimum Gasteiger partial charge on any atom is -0.489 e. The molecule has 4 rings (SSSR count). The molecular formula is C27H21NO4. The summed E-state index contributed by atoms with van der Waals surface area (Å²) in [6.07, 6.45) is 0. The number of carboxylic acid groups (broad SMARTS) is 1. The molecule has 0 saturated heterocycles. The van der Waals surface area contributed by atoms with Crippen molar-refractivity contribution in [1.29, 1.82) is 0 Å². The van der Waals surface area contributed by atoms with Gasteiger partial charge >= 0.3 is 5.97 Å². The molecule has 158 valence electrons. The lowest BCUT2D eigenvalue weighted by Crippen LogP contribution is -2.12. The highest BCUT2D eigenvalue weighted by Gasteiger charge is 2.10. The average molecular weight is 423 g/mol. The number of benzene rings is 4. The molecule has 5 nitrogen and oxygen atoms in total. The van der Waals surface area contributed by atoms with Gasteiger partial charge in [0.15, 0.2) is 0 Å². The fourth-order valence-electron chi connectivity index (χ4n) is 3.28. The van der Waals surface area contributed by atoms with Crippen LogP contribution < -0.4 is 10.1 Å². The third-order valence-electron chi connectivity index (χ3n) is 4.91. The molecule has 0 aliphatic rings. The Balaban J connectivity index is 1.49. The first-order valence-electron chi connectivity index (χ1n) is 10.1. The van der Waals surface area contributed by atoms with Crippen LogP contribution in [0.2, 0.25) is 0 Å². The normalized spacial score (nSPS) is 10.4. The van der Waals surface area contributed by atoms with Gasteiger partial charge in [-0.15, -0.1) is 0 Å². The van der Waals surface area contributed by atoms with Gasteiger partial charge in [0.2, 0.25) is 0 Å². The van der Waals surface area contributed by atoms with Gasteiger partial charge in [0.25, 0.3) is 5.91 Å². The molecule has 0 aliphatic carbocycles. The number of carbonyl (C=O) groups is 2. The average Bonchev–Trinajstić information content (AvgIpc) is 2.84. The van der Waals surface area contributed by atoms with Crippen LogP contribution in [0.4, 0.5) is 5.69 Å². The smallest absolute Gasteiger partial charge is 0.335 e. The number of hydrogen-bond acceptors (Lipinski definition) is 3. The maximum Gasteiger partial charge on any atom is 0.335 e. The van der Waals surface area contributed by atoms with Crippen molar-refractivity contribution < 1.29 is 19.4 Å². The second-order valence-electron chi connectivity index (χ2n) is 7.22. The molecule has 5 heteroatoms. The number of amides is 1. The van der Waals surface area contributed by atoms with Crippen molar-refractivity contribution >= 4 is 17.6 Å². The fourth-order valence-corrected chi connectivity index (χ4v) is 3.28. The van der Waals surface area contributed by atoms with E-state index in [0.29, 0.717) is 17.9 Å². The molecule has 0 radical (unpaired) electrons. The predicted molar refractivity (Wildman–Crippen MR) is 124 cm³/mol. The van der Waals surface area contributed by atoms with Gasteiger partial charge in [0.1, 0.15) is 12.4 Å². The van der Waals surface area contributed by atoms with Gasteiger partial charge < -0.3 is 15.2 Å². The summed E-state index contributed by atoms with van der Waals surface area (Å²) in [7, 11) is 0. The van der Waals surface area contributed by atoms with Crippen LogP contribution >= 0.6 is 0 Å². The Hall–Kier alpha value is -4.38. The van der Waals surface area contributed by atoms with Crippen LogP contribution in [-0.2, 0) is 6.61 Å². The second kappa shape index (κ2) is 9.62. The van der Waals surface area contributed by atoms with Crippen LogP contribution in [0.15, 0.2) is 103 Å². The number of hydrogen-bond donors (Lipinski definition) is 2. The maximum absolute atomic E-state index is 12.7. The summed E-state index contributed by atoms with van der Waals surface area (Å²) < 4.78 is 5.91. The van der Waals surface area contributed by atoms with E-state index in [1.54, 1.807) is 24.3 Å². The lowest BCUT2D eigenvalue weighted by Gasteiger charge is -2.10. The zero-order chi connectivity index (χ0) is 22.3. The standard InChI is InChI=1S/C27H21NO4/c29-26(28-24-13-5-12-23(16-24)27(30)31)22-11-4-9-20(15-22)21-10-6-14-25(17-21)32-18-19-7-2-1-3-8-19/h1-17H,18H2,(H,28,29)(H,30,31). The van der Waals surface area contributed by atoms with Crippen molar-refractivity contribution in [3.8, 4) is 16.9 Å². The van der Waals surface area contributed by atoms with E-state index < -0.39 is 5.97 Å². The van der Waals surface area contributed by atoms with Crippen molar-refractivity contribution in [3.05, 3.63) is 120 Å². The molecule has 0 unspecified atom stereocenters. The van der Waals surface area contributed by atoms with Crippen molar-refractivity contribution in [1.82, 2.24) is 0 Å². The predicted octanol–water partition coefficient (Wildman–Crippen LogP) is 5.88. The molecule has 0 fully saturated rings. The molecule has 32 heavy (non-hydrogen) atoms. The molecule has 4 aromatic rings. The van der Waals surface area contributed by atoms with Crippen LogP contribution in [0.25, 0.3) is 11.1 Å². The highest BCUT2D eigenvalue weighted by Crippen LogP contribution is 2.25. The number of ether oxygens (including phenoxy) is 1. The number of anilines is 1. The molecule has 0 bridgehead atoms. The van der Waals surface area contributed by atoms with Crippen molar-refractivity contribution in [3.63, 3.8) is 0 Å². The van der Waals surface area contributed by atoms with Crippen LogP contribution in [0, 0.1) is 0 Å². The Labute approximate surface area is 185 Å². The lowest BCUT2D eigenvalue weighted by atomic mass is 10.0. The third-order valence-corrected chi connectivity index (χ3v) is 4.91. The van der Waals surface area contributed by atoms with Gasteiger partial charge in [-0.25, -0.2) is 4.79 Å². The minimum absolute atomic E-state index is 0.115. The molecule has 2 N–H and O–H groups in total. The minimum atomic E-state index is -1.04. The van der Waals surface area contributed by atoms with E-state index in [4.69, 9.17) is 9.84 Å². The summed E-state index contributed by atoms with van der Waals surface area (Å²) in [5, 5.41) is 11.9. The molecular weight excluding hydrogens is 402 g/mol. The van der Waals surface area contributed by atoms with Crippen LogP contribution in [0.1, 0.15) is 26.3 Å². The summed E-state index contributed by atoms with van der Waals surface area (Å²) in [5.41, 5.74) is 3.91. The fraction of sp³-hybridized carbons (Fsp3) is 0.0370. The van der Waals surface area contributed by atoms with Gasteiger partial charge in [0.05, 0.1) is 5.56 Å². The number of carboxylic acids is 1. The summed E-state index contributed by atoms with van der Waals surface area (Å²) in [5.74, 6) is -0.616. The van der Waals surface area contributed by atoms with Crippen molar-refractivity contribution in [2.45, 2.75) is 6.61 Å². The van der Waals surface area contributed by atoms with Crippen LogP contribution in [0.3, 0.4) is 0 Å². The van der Waals surface area contributed by atoms with E-state index in [0.717, 1.165) is 22.4 Å². The largest absolute Gasteiger partial charge is 0.489 e. The monoisotopic (exact) mass is 423 g/mol. The van der Waals surface area contributed by atoms with E-state index in [-0.39, 0.29) is 11.5 Å². The molecule has 0 atom stereocenters. The van der Waals surface area contributed by atoms with E-state index in [1.807, 2.05) is 66.7 Å². The van der Waals surface area contributed by atoms with E-state index in [2.05, 4.69) is 5.32 Å². The van der Waals surface area contributed by atoms with E-state index >= 15 is 0 Å². The van der Waals surface area contributed by atoms with Gasteiger partial charge in [-0.05, 0) is 59.2 Å². The van der Waals surface area contributed by atoms with E-state index in [9.17, 15) is 9.59 Å². The van der Waals surface area contributed by atoms with Crippen molar-refractivity contribution in [2.75, 3.05) is 5.32 Å². The third kappa shape index (κ3) is 5.21. The quantitative estimate of drug-likeness (QED) is 0.389. The molecule has 0 saturated carbocycles. The summed E-state index contributed by atoms with van der Waals surface area (Å²) in [4.78, 5) is 23.9. The molecule has 1 amide bonds. The zero-order valence-corrected chi connectivity index (χ0v) is 17.2. The molecule has 0 heterocycles. The maximum atomic E-state index is 12.7. The number of nitrogens with one attached hydrogen (secondary N) is 1. The zero-order valence-electron chi connectivity index (χ0n) is 17.2. The number of aromatic carboxylic acids is 1. The van der Waals surface area contributed by atoms with Gasteiger partial charge in [-0.3, -0.25) is 4.79 Å². The first-order valence-corrected chi connectivity index (χ1v) is 10.1. The Morgan fingerprint density at radius 3 is 2.19 bits per heavy atom. The summed E-state index contributed by atoms with van der Waals surface area (Å²) >= 11 is 0. The van der Waals surface area contributed by atoms with Gasteiger partial charge in [-0.1, -0.05) is 60.7 Å². The lowest BCUT2D eigenvalue weighted by molar-refractivity contribution is 0.0696. The van der Waals surface area contributed by atoms with Gasteiger partial charge in [-0.2, -0.15) is 0 Å². The SMILES string of the molecule is O=C(O)c1cccc(NC(=O)c2cccc(-c3cccc(OCc4ccccc4)c3)c2)c1. The number of rotatable bonds is 7. The van der Waals surface area contributed by atoms with Gasteiger partial charge in [0, 0.05) is 11.3 Å². The van der Waals surface area contributed by atoms with Crippen LogP contribution in [-0.4, -0.2) is 17.0 Å². The Morgan fingerprint density at radius 2 is 1.41 bits per heavy atom. The van der Waals surface area contributed by atoms with Crippen LogP contribution in [0.5, 0.6) is 5.75 Å². The second-order valence-corrected chi connectivity index (χ2v) is 7.22. The topological polar surface area (TPSA) is 75.6 Å². The first-order chi connectivity index (χ1) is 15.6. The first kappa shape index (κ1) is 20.9. The Bertz CT molecular complexity index is 1250. The molecule has 0 aromatic heterocycles. The molecule has 0 aliphatic heterocycles.